The predicted molar refractivity (Wildman–Crippen MR) is 86.4 cm³/mol. The molecule has 2 aromatic heterocycles. The van der Waals surface area contributed by atoms with Gasteiger partial charge >= 0.3 is 0 Å². The van der Waals surface area contributed by atoms with E-state index in [0.29, 0.717) is 12.5 Å². The van der Waals surface area contributed by atoms with Crippen molar-refractivity contribution < 1.29 is 4.79 Å². The first kappa shape index (κ1) is 15.8. The van der Waals surface area contributed by atoms with Gasteiger partial charge in [0.2, 0.25) is 5.91 Å². The lowest BCUT2D eigenvalue weighted by atomic mass is 10.1. The van der Waals surface area contributed by atoms with Crippen LogP contribution >= 0.6 is 11.3 Å². The molecular weight excluding hydrogens is 282 g/mol. The summed E-state index contributed by atoms with van der Waals surface area (Å²) >= 11 is 1.66. The molecule has 0 spiro atoms. The van der Waals surface area contributed by atoms with Crippen molar-refractivity contribution in [3.05, 3.63) is 40.6 Å². The fourth-order valence-electron chi connectivity index (χ4n) is 2.21. The lowest BCUT2D eigenvalue weighted by molar-refractivity contribution is -0.124. The second-order valence-corrected chi connectivity index (χ2v) is 6.37. The average molecular weight is 305 g/mol. The van der Waals surface area contributed by atoms with Gasteiger partial charge in [-0.3, -0.25) is 4.79 Å². The number of thiazole rings is 1. The first-order chi connectivity index (χ1) is 10.1. The molecule has 2 rings (SSSR count). The van der Waals surface area contributed by atoms with Gasteiger partial charge in [0.05, 0.1) is 17.2 Å². The zero-order valence-corrected chi connectivity index (χ0v) is 13.7. The minimum atomic E-state index is -0.131. The van der Waals surface area contributed by atoms with Gasteiger partial charge in [-0.25, -0.2) is 4.98 Å². The topological polar surface area (TPSA) is 46.9 Å². The summed E-state index contributed by atoms with van der Waals surface area (Å²) in [5.41, 5.74) is 0.944. The third-order valence-corrected chi connectivity index (χ3v) is 4.55. The van der Waals surface area contributed by atoms with Crippen molar-refractivity contribution in [3.63, 3.8) is 0 Å². The summed E-state index contributed by atoms with van der Waals surface area (Å²) in [5.74, 6) is 0.499. The van der Waals surface area contributed by atoms with E-state index in [0.717, 1.165) is 23.5 Å². The maximum absolute atomic E-state index is 12.4. The molecule has 0 aliphatic heterocycles. The van der Waals surface area contributed by atoms with E-state index >= 15 is 0 Å². The van der Waals surface area contributed by atoms with E-state index in [1.165, 1.54) is 0 Å². The summed E-state index contributed by atoms with van der Waals surface area (Å²) in [7, 11) is 0. The molecule has 0 unspecified atom stereocenters. The van der Waals surface area contributed by atoms with Crippen LogP contribution in [0.1, 0.15) is 56.3 Å². The number of aromatic nitrogens is 2. The van der Waals surface area contributed by atoms with E-state index in [4.69, 9.17) is 0 Å². The Morgan fingerprint density at radius 2 is 2.10 bits per heavy atom. The Kier molecular flexibility index (Phi) is 5.56. The molecule has 0 saturated carbocycles. The fourth-order valence-corrected chi connectivity index (χ4v) is 3.04. The molecule has 0 fully saturated rings. The zero-order valence-electron chi connectivity index (χ0n) is 12.9. The summed E-state index contributed by atoms with van der Waals surface area (Å²) in [6.07, 6.45) is 5.71. The summed E-state index contributed by atoms with van der Waals surface area (Å²) in [6, 6.07) is 3.77. The van der Waals surface area contributed by atoms with Crippen LogP contribution in [0.4, 0.5) is 0 Å². The second kappa shape index (κ2) is 7.41. The van der Waals surface area contributed by atoms with Crippen LogP contribution in [0.25, 0.3) is 0 Å². The standard InChI is InChI=1S/C16H23N3OS/c1-4-7-14(19-8-5-6-9-19)15(20)17-10-13-11-21-16(18-13)12(2)3/h5-6,8-9,11-12,14H,4,7,10H2,1-3H3,(H,17,20)/t14-/m1/s1. The smallest absolute Gasteiger partial charge is 0.243 e. The monoisotopic (exact) mass is 305 g/mol. The highest BCUT2D eigenvalue weighted by Gasteiger charge is 2.18. The Morgan fingerprint density at radius 3 is 2.67 bits per heavy atom. The molecule has 2 heterocycles. The van der Waals surface area contributed by atoms with Crippen molar-refractivity contribution in [2.24, 2.45) is 0 Å². The number of hydrogen-bond acceptors (Lipinski definition) is 3. The number of rotatable bonds is 7. The minimum Gasteiger partial charge on any atom is -0.349 e. The Labute approximate surface area is 130 Å². The normalized spacial score (nSPS) is 12.6. The third-order valence-electron chi connectivity index (χ3n) is 3.36. The highest BCUT2D eigenvalue weighted by molar-refractivity contribution is 7.09. The molecule has 0 saturated heterocycles. The number of hydrogen-bond donors (Lipinski definition) is 1. The van der Waals surface area contributed by atoms with Crippen LogP contribution in [0.15, 0.2) is 29.9 Å². The molecule has 1 N–H and O–H groups in total. The van der Waals surface area contributed by atoms with Gasteiger partial charge < -0.3 is 9.88 Å². The van der Waals surface area contributed by atoms with Gasteiger partial charge in [0.25, 0.3) is 0 Å². The van der Waals surface area contributed by atoms with E-state index in [-0.39, 0.29) is 11.9 Å². The quantitative estimate of drug-likeness (QED) is 0.847. The van der Waals surface area contributed by atoms with Gasteiger partial charge in [-0.2, -0.15) is 0 Å². The van der Waals surface area contributed by atoms with Crippen molar-refractivity contribution in [2.75, 3.05) is 0 Å². The van der Waals surface area contributed by atoms with Crippen LogP contribution in [0.3, 0.4) is 0 Å². The number of nitrogens with one attached hydrogen (secondary N) is 1. The molecule has 1 atom stereocenters. The van der Waals surface area contributed by atoms with E-state index < -0.39 is 0 Å². The Balaban J connectivity index is 1.95. The molecule has 0 bridgehead atoms. The van der Waals surface area contributed by atoms with Gasteiger partial charge in [0.15, 0.2) is 0 Å². The van der Waals surface area contributed by atoms with Crippen LogP contribution in [0, 0.1) is 0 Å². The Hall–Kier alpha value is -1.62. The molecule has 1 amide bonds. The SMILES string of the molecule is CCC[C@H](C(=O)NCc1csc(C(C)C)n1)n1cccc1. The molecule has 4 nitrogen and oxygen atoms in total. The van der Waals surface area contributed by atoms with E-state index in [1.54, 1.807) is 11.3 Å². The maximum atomic E-state index is 12.4. The van der Waals surface area contributed by atoms with Crippen molar-refractivity contribution in [1.29, 1.82) is 0 Å². The minimum absolute atomic E-state index is 0.0622. The number of amides is 1. The molecular formula is C16H23N3OS. The number of nitrogens with zero attached hydrogens (tertiary/aromatic N) is 2. The van der Waals surface area contributed by atoms with Crippen molar-refractivity contribution in [1.82, 2.24) is 14.9 Å². The molecule has 0 aliphatic rings. The molecule has 114 valence electrons. The van der Waals surface area contributed by atoms with Gasteiger partial charge in [-0.1, -0.05) is 27.2 Å². The molecule has 21 heavy (non-hydrogen) atoms. The van der Waals surface area contributed by atoms with Crippen LogP contribution in [0.5, 0.6) is 0 Å². The molecule has 0 radical (unpaired) electrons. The van der Waals surface area contributed by atoms with Crippen molar-refractivity contribution in [3.8, 4) is 0 Å². The van der Waals surface area contributed by atoms with Crippen LogP contribution in [0.2, 0.25) is 0 Å². The fraction of sp³-hybridized carbons (Fsp3) is 0.500. The highest BCUT2D eigenvalue weighted by atomic mass is 32.1. The number of carbonyl (C=O) groups excluding carboxylic acids is 1. The Bertz CT molecular complexity index is 560. The van der Waals surface area contributed by atoms with Crippen LogP contribution in [-0.2, 0) is 11.3 Å². The Morgan fingerprint density at radius 1 is 1.38 bits per heavy atom. The van der Waals surface area contributed by atoms with Crippen LogP contribution < -0.4 is 5.32 Å². The van der Waals surface area contributed by atoms with Gasteiger partial charge in [-0.15, -0.1) is 11.3 Å². The third kappa shape index (κ3) is 4.17. The van der Waals surface area contributed by atoms with Crippen LogP contribution in [-0.4, -0.2) is 15.5 Å². The largest absolute Gasteiger partial charge is 0.349 e. The average Bonchev–Trinajstić information content (AvgIpc) is 3.13. The summed E-state index contributed by atoms with van der Waals surface area (Å²) < 4.78 is 1.97. The van der Waals surface area contributed by atoms with Crippen molar-refractivity contribution in [2.45, 2.75) is 52.1 Å². The predicted octanol–water partition coefficient (Wildman–Crippen LogP) is 3.73. The first-order valence-corrected chi connectivity index (χ1v) is 8.34. The molecule has 0 aliphatic carbocycles. The summed E-state index contributed by atoms with van der Waals surface area (Å²) in [5, 5.41) is 6.16. The number of carbonyl (C=O) groups is 1. The molecule has 0 aromatic carbocycles. The van der Waals surface area contributed by atoms with Crippen molar-refractivity contribution >= 4 is 17.2 Å². The lowest BCUT2D eigenvalue weighted by Gasteiger charge is -2.17. The zero-order chi connectivity index (χ0) is 15.2. The highest BCUT2D eigenvalue weighted by Crippen LogP contribution is 2.19. The second-order valence-electron chi connectivity index (χ2n) is 5.48. The van der Waals surface area contributed by atoms with Gasteiger partial charge in [-0.05, 0) is 18.6 Å². The summed E-state index contributed by atoms with van der Waals surface area (Å²) in [6.45, 7) is 6.86. The first-order valence-electron chi connectivity index (χ1n) is 7.46. The van der Waals surface area contributed by atoms with E-state index in [9.17, 15) is 4.79 Å². The summed E-state index contributed by atoms with van der Waals surface area (Å²) in [4.78, 5) is 16.9. The maximum Gasteiger partial charge on any atom is 0.243 e. The van der Waals surface area contributed by atoms with E-state index in [2.05, 4.69) is 31.1 Å². The lowest BCUT2D eigenvalue weighted by Crippen LogP contribution is -2.31. The van der Waals surface area contributed by atoms with E-state index in [1.807, 2.05) is 34.5 Å². The van der Waals surface area contributed by atoms with Gasteiger partial charge in [0, 0.05) is 23.7 Å². The molecule has 5 heteroatoms. The molecule has 2 aromatic rings. The van der Waals surface area contributed by atoms with Gasteiger partial charge in [0.1, 0.15) is 6.04 Å².